The summed E-state index contributed by atoms with van der Waals surface area (Å²) in [5, 5.41) is 9.89. The number of nitrogens with one attached hydrogen (secondary N) is 2. The van der Waals surface area contributed by atoms with E-state index in [0.717, 1.165) is 17.2 Å². The second-order valence-corrected chi connectivity index (χ2v) is 15.8. The summed E-state index contributed by atoms with van der Waals surface area (Å²) in [7, 11) is 0.279. The molecule has 0 aromatic heterocycles. The largest absolute Gasteiger partial charge is 0.466 e. The quantitative estimate of drug-likeness (QED) is 0.115. The van der Waals surface area contributed by atoms with Crippen molar-refractivity contribution in [2.45, 2.75) is 62.9 Å². The van der Waals surface area contributed by atoms with E-state index in [-0.39, 0.29) is 17.9 Å². The van der Waals surface area contributed by atoms with E-state index < -0.39 is 20.1 Å². The molecule has 0 heterocycles. The number of hydrogen-bond acceptors (Lipinski definition) is 5. The van der Waals surface area contributed by atoms with E-state index >= 15 is 0 Å². The molecule has 1 unspecified atom stereocenters. The van der Waals surface area contributed by atoms with Crippen LogP contribution in [0.4, 0.5) is 0 Å². The lowest BCUT2D eigenvalue weighted by Gasteiger charge is -2.23. The average Bonchev–Trinajstić information content (AvgIpc) is 2.86. The Balaban J connectivity index is 2.08. The molecule has 1 amide bonds. The average molecular weight is 510 g/mol. The van der Waals surface area contributed by atoms with Crippen molar-refractivity contribution in [1.82, 2.24) is 10.6 Å². The van der Waals surface area contributed by atoms with Gasteiger partial charge in [0.05, 0.1) is 12.6 Å². The first-order valence-electron chi connectivity index (χ1n) is 12.5. The highest BCUT2D eigenvalue weighted by Crippen LogP contribution is 2.26. The van der Waals surface area contributed by atoms with Crippen LogP contribution in [0.15, 0.2) is 65.8 Å². The van der Waals surface area contributed by atoms with Gasteiger partial charge in [-0.1, -0.05) is 85.4 Å². The van der Waals surface area contributed by atoms with E-state index in [1.807, 2.05) is 60.7 Å². The van der Waals surface area contributed by atoms with Gasteiger partial charge >= 0.3 is 5.97 Å². The van der Waals surface area contributed by atoms with E-state index in [1.165, 1.54) is 0 Å². The van der Waals surface area contributed by atoms with E-state index in [9.17, 15) is 9.59 Å². The Morgan fingerprint density at radius 1 is 1.06 bits per heavy atom. The van der Waals surface area contributed by atoms with Crippen LogP contribution in [0.5, 0.6) is 0 Å². The van der Waals surface area contributed by atoms with Gasteiger partial charge in [-0.25, -0.2) is 0 Å². The minimum absolute atomic E-state index is 0.0548. The molecule has 194 valence electrons. The van der Waals surface area contributed by atoms with Gasteiger partial charge in [-0.05, 0) is 54.4 Å². The molecule has 36 heavy (non-hydrogen) atoms. The van der Waals surface area contributed by atoms with Crippen molar-refractivity contribution < 1.29 is 14.3 Å². The Hall–Kier alpha value is -3.13. The number of ether oxygens (including phenoxy) is 1. The number of carbonyl (C=O) groups is 2. The van der Waals surface area contributed by atoms with Crippen molar-refractivity contribution in [3.05, 3.63) is 82.2 Å². The van der Waals surface area contributed by atoms with Crippen molar-refractivity contribution in [3.63, 3.8) is 0 Å². The zero-order chi connectivity index (χ0) is 26.4. The summed E-state index contributed by atoms with van der Waals surface area (Å²) >= 11 is 0. The highest BCUT2D eigenvalue weighted by Gasteiger charge is 2.26. The number of azide groups is 1. The minimum Gasteiger partial charge on any atom is -0.466 e. The summed E-state index contributed by atoms with van der Waals surface area (Å²) in [4.78, 5) is 28.2. The van der Waals surface area contributed by atoms with Crippen molar-refractivity contribution >= 4 is 20.0 Å². The number of hydrogen-bond donors (Lipinski definition) is 2. The van der Waals surface area contributed by atoms with Crippen molar-refractivity contribution in [2.24, 2.45) is 5.11 Å². The molecule has 0 aliphatic heterocycles. The fourth-order valence-electron chi connectivity index (χ4n) is 3.94. The van der Waals surface area contributed by atoms with Gasteiger partial charge in [0.25, 0.3) is 0 Å². The third kappa shape index (κ3) is 10.6. The van der Waals surface area contributed by atoms with Crippen LogP contribution in [-0.2, 0) is 20.7 Å². The summed E-state index contributed by atoms with van der Waals surface area (Å²) < 4.78 is 5.49. The zero-order valence-electron chi connectivity index (χ0n) is 21.8. The number of likely N-dealkylation sites (N-methyl/N-ethyl adjacent to an activating group) is 1. The molecule has 0 bridgehead atoms. The van der Waals surface area contributed by atoms with Crippen LogP contribution in [0.2, 0.25) is 25.7 Å². The van der Waals surface area contributed by atoms with E-state index in [1.54, 1.807) is 7.05 Å². The Kier molecular flexibility index (Phi) is 12.2. The molecule has 2 N–H and O–H groups in total. The van der Waals surface area contributed by atoms with E-state index in [0.29, 0.717) is 32.4 Å². The number of nitrogens with zero attached hydrogens (tertiary/aromatic N) is 3. The molecule has 3 atom stereocenters. The molecule has 0 aliphatic carbocycles. The van der Waals surface area contributed by atoms with Crippen LogP contribution in [0.3, 0.4) is 0 Å². The molecule has 2 aromatic rings. The third-order valence-corrected chi connectivity index (χ3v) is 7.77. The number of benzene rings is 2. The lowest BCUT2D eigenvalue weighted by molar-refractivity contribution is -0.144. The van der Waals surface area contributed by atoms with Crippen molar-refractivity contribution in [3.8, 4) is 0 Å². The van der Waals surface area contributed by atoms with Gasteiger partial charge in [0.15, 0.2) is 0 Å². The summed E-state index contributed by atoms with van der Waals surface area (Å²) in [6, 6.07) is 19.3. The summed E-state index contributed by atoms with van der Waals surface area (Å²) in [5.74, 6) is -0.610. The first kappa shape index (κ1) is 29.1. The molecule has 2 rings (SSSR count). The van der Waals surface area contributed by atoms with E-state index in [4.69, 9.17) is 10.3 Å². The summed E-state index contributed by atoms with van der Waals surface area (Å²) in [5.41, 5.74) is 11.2. The van der Waals surface area contributed by atoms with Gasteiger partial charge in [0, 0.05) is 20.0 Å². The predicted octanol–water partition coefficient (Wildman–Crippen LogP) is 5.06. The lowest BCUT2D eigenvalue weighted by atomic mass is 9.89. The summed E-state index contributed by atoms with van der Waals surface area (Å²) in [6.07, 6.45) is 1.57. The smallest absolute Gasteiger partial charge is 0.314 e. The van der Waals surface area contributed by atoms with Gasteiger partial charge in [-0.2, -0.15) is 0 Å². The van der Waals surface area contributed by atoms with Crippen LogP contribution >= 0.6 is 0 Å². The van der Waals surface area contributed by atoms with Crippen LogP contribution in [0.1, 0.15) is 29.9 Å². The molecule has 2 aromatic carbocycles. The maximum Gasteiger partial charge on any atom is 0.314 e. The second kappa shape index (κ2) is 15.1. The predicted molar refractivity (Wildman–Crippen MR) is 146 cm³/mol. The Bertz CT molecular complexity index is 991. The SMILES string of the molecule is CNC(=O)[C@H](Cc1ccccc1)NCCC(C[C@H](N=[N+]=[N-])C(=O)OCC[Si](C)(C)C)c1ccccc1. The third-order valence-electron chi connectivity index (χ3n) is 6.07. The highest BCUT2D eigenvalue weighted by atomic mass is 28.3. The Morgan fingerprint density at radius 3 is 2.28 bits per heavy atom. The van der Waals surface area contributed by atoms with Crippen LogP contribution in [0, 0.1) is 0 Å². The maximum absolute atomic E-state index is 12.8. The topological polar surface area (TPSA) is 116 Å². The molecule has 0 saturated carbocycles. The molecule has 0 fully saturated rings. The van der Waals surface area contributed by atoms with Crippen LogP contribution < -0.4 is 10.6 Å². The highest BCUT2D eigenvalue weighted by molar-refractivity contribution is 6.76. The van der Waals surface area contributed by atoms with Gasteiger partial charge in [-0.15, -0.1) is 0 Å². The van der Waals surface area contributed by atoms with Gasteiger partial charge in [0.2, 0.25) is 5.91 Å². The molecular formula is C27H39N5O3Si. The van der Waals surface area contributed by atoms with Gasteiger partial charge < -0.3 is 15.4 Å². The van der Waals surface area contributed by atoms with Crippen molar-refractivity contribution in [2.75, 3.05) is 20.2 Å². The molecule has 0 spiro atoms. The van der Waals surface area contributed by atoms with Gasteiger partial charge in [0.1, 0.15) is 6.04 Å². The molecule has 0 radical (unpaired) electrons. The van der Waals surface area contributed by atoms with Crippen molar-refractivity contribution in [1.29, 1.82) is 0 Å². The fourth-order valence-corrected chi connectivity index (χ4v) is 4.65. The Labute approximate surface area is 215 Å². The first-order valence-corrected chi connectivity index (χ1v) is 16.2. The number of carbonyl (C=O) groups excluding carboxylic acids is 2. The van der Waals surface area contributed by atoms with Gasteiger partial charge in [-0.3, -0.25) is 9.59 Å². The number of rotatable bonds is 15. The number of amides is 1. The summed E-state index contributed by atoms with van der Waals surface area (Å²) in [6.45, 7) is 7.55. The normalized spacial score (nSPS) is 13.7. The number of esters is 1. The maximum atomic E-state index is 12.8. The van der Waals surface area contributed by atoms with E-state index in [2.05, 4.69) is 40.3 Å². The minimum atomic E-state index is -1.35. The van der Waals surface area contributed by atoms with Crippen LogP contribution in [-0.4, -0.2) is 52.2 Å². The van der Waals surface area contributed by atoms with Crippen LogP contribution in [0.25, 0.3) is 10.4 Å². The molecule has 0 aliphatic rings. The lowest BCUT2D eigenvalue weighted by Crippen LogP contribution is -2.45. The Morgan fingerprint density at radius 2 is 1.69 bits per heavy atom. The second-order valence-electron chi connectivity index (χ2n) is 10.1. The first-order chi connectivity index (χ1) is 17.2. The molecular weight excluding hydrogens is 470 g/mol. The monoisotopic (exact) mass is 509 g/mol. The molecule has 9 heteroatoms. The standard InChI is InChI=1S/C27H39N5O3Si/c1-29-26(33)24(19-21-11-7-5-8-12-21)30-16-15-23(22-13-9-6-10-14-22)20-25(31-32-28)27(34)35-17-18-36(2,3)4/h5-14,23-25,30H,15-20H2,1-4H3,(H,29,33)/t23?,24-,25-/m0/s1. The molecule has 8 nitrogen and oxygen atoms in total. The zero-order valence-corrected chi connectivity index (χ0v) is 22.8. The molecule has 0 saturated heterocycles. The fraction of sp³-hybridized carbons (Fsp3) is 0.481.